The van der Waals surface area contributed by atoms with Crippen LogP contribution in [-0.4, -0.2) is 54.1 Å². The highest BCUT2D eigenvalue weighted by molar-refractivity contribution is 5.93. The minimum atomic E-state index is -0.270. The van der Waals surface area contributed by atoms with Gasteiger partial charge in [-0.3, -0.25) is 14.3 Å². The second-order valence-corrected chi connectivity index (χ2v) is 7.58. The van der Waals surface area contributed by atoms with Crippen molar-refractivity contribution < 1.29 is 9.59 Å². The van der Waals surface area contributed by atoms with Gasteiger partial charge in [-0.25, -0.2) is 4.68 Å². The summed E-state index contributed by atoms with van der Waals surface area (Å²) in [6.45, 7) is 3.54. The molecule has 1 fully saturated rings. The van der Waals surface area contributed by atoms with Crippen LogP contribution in [0.25, 0.3) is 0 Å². The normalized spacial score (nSPS) is 16.1. The van der Waals surface area contributed by atoms with Crippen LogP contribution >= 0.6 is 0 Å². The Kier molecular flexibility index (Phi) is 5.60. The van der Waals surface area contributed by atoms with Gasteiger partial charge in [0.25, 0.3) is 11.8 Å². The monoisotopic (exact) mass is 407 g/mol. The van der Waals surface area contributed by atoms with Gasteiger partial charge in [0.1, 0.15) is 0 Å². The molecule has 0 bridgehead atoms. The minimum absolute atomic E-state index is 0.00161. The molecule has 0 unspecified atom stereocenters. The van der Waals surface area contributed by atoms with Gasteiger partial charge in [0.2, 0.25) is 0 Å². The Balaban J connectivity index is 1.37. The molecule has 2 amide bonds. The highest BCUT2D eigenvalue weighted by atomic mass is 16.2. The lowest BCUT2D eigenvalue weighted by atomic mass is 10.2. The Morgan fingerprint density at radius 3 is 2.73 bits per heavy atom. The third-order valence-corrected chi connectivity index (χ3v) is 5.44. The van der Waals surface area contributed by atoms with Crippen LogP contribution < -0.4 is 5.32 Å². The maximum absolute atomic E-state index is 12.9. The molecule has 2 aromatic heterocycles. The fourth-order valence-electron chi connectivity index (χ4n) is 3.68. The van der Waals surface area contributed by atoms with E-state index in [-0.39, 0.29) is 23.6 Å². The van der Waals surface area contributed by atoms with E-state index in [0.717, 1.165) is 24.1 Å². The van der Waals surface area contributed by atoms with Gasteiger partial charge in [-0.05, 0) is 31.4 Å². The molecule has 0 saturated carbocycles. The standard InChI is InChI=1S/C21H25N7O2/c1-15-11-18(24-26(15)2)21(30)28-10-6-9-17(28)13-27-14-19(23-25-27)20(29)22-12-16-7-4-3-5-8-16/h3-5,7-8,11,14,17H,6,9-10,12-13H2,1-2H3,(H,22,29)/t17-/m0/s1. The Bertz CT molecular complexity index is 1020. The van der Waals surface area contributed by atoms with Gasteiger partial charge >= 0.3 is 0 Å². The number of carbonyl (C=O) groups is 2. The van der Waals surface area contributed by atoms with Crippen molar-refractivity contribution in [1.29, 1.82) is 0 Å². The van der Waals surface area contributed by atoms with Crippen molar-refractivity contribution in [3.05, 3.63) is 65.2 Å². The molecule has 156 valence electrons. The molecule has 30 heavy (non-hydrogen) atoms. The van der Waals surface area contributed by atoms with Crippen LogP contribution in [0, 0.1) is 6.92 Å². The number of hydrogen-bond acceptors (Lipinski definition) is 5. The van der Waals surface area contributed by atoms with Crippen LogP contribution in [0.5, 0.6) is 0 Å². The third-order valence-electron chi connectivity index (χ3n) is 5.44. The SMILES string of the molecule is Cc1cc(C(=O)N2CCC[C@H]2Cn2cc(C(=O)NCc3ccccc3)nn2)nn1C. The van der Waals surface area contributed by atoms with E-state index in [2.05, 4.69) is 20.7 Å². The first-order valence-electron chi connectivity index (χ1n) is 10.0. The summed E-state index contributed by atoms with van der Waals surface area (Å²) in [4.78, 5) is 27.1. The van der Waals surface area contributed by atoms with Crippen LogP contribution in [0.15, 0.2) is 42.6 Å². The number of amides is 2. The maximum Gasteiger partial charge on any atom is 0.274 e. The molecule has 1 aliphatic heterocycles. The average molecular weight is 407 g/mol. The lowest BCUT2D eigenvalue weighted by molar-refractivity contribution is 0.0714. The summed E-state index contributed by atoms with van der Waals surface area (Å²) < 4.78 is 3.34. The number of carbonyl (C=O) groups excluding carboxylic acids is 2. The van der Waals surface area contributed by atoms with Gasteiger partial charge in [-0.2, -0.15) is 5.10 Å². The van der Waals surface area contributed by atoms with E-state index in [1.54, 1.807) is 15.6 Å². The maximum atomic E-state index is 12.9. The Morgan fingerprint density at radius 2 is 2.00 bits per heavy atom. The fraction of sp³-hybridized carbons (Fsp3) is 0.381. The van der Waals surface area contributed by atoms with Crippen LogP contribution in [0.4, 0.5) is 0 Å². The topological polar surface area (TPSA) is 97.9 Å². The van der Waals surface area contributed by atoms with Gasteiger partial charge in [0.05, 0.1) is 18.8 Å². The molecule has 0 aliphatic carbocycles. The molecule has 1 aromatic carbocycles. The molecule has 9 nitrogen and oxygen atoms in total. The van der Waals surface area contributed by atoms with Crippen molar-refractivity contribution in [2.24, 2.45) is 7.05 Å². The molecule has 1 saturated heterocycles. The van der Waals surface area contributed by atoms with E-state index in [1.165, 1.54) is 0 Å². The number of rotatable bonds is 6. The van der Waals surface area contributed by atoms with Crippen molar-refractivity contribution in [3.63, 3.8) is 0 Å². The summed E-state index contributed by atoms with van der Waals surface area (Å²) >= 11 is 0. The van der Waals surface area contributed by atoms with Crippen LogP contribution in [0.3, 0.4) is 0 Å². The summed E-state index contributed by atoms with van der Waals surface area (Å²) in [5.41, 5.74) is 2.68. The summed E-state index contributed by atoms with van der Waals surface area (Å²) in [7, 11) is 1.83. The highest BCUT2D eigenvalue weighted by Crippen LogP contribution is 2.21. The molecule has 4 rings (SSSR count). The molecule has 1 N–H and O–H groups in total. The number of aryl methyl sites for hydroxylation is 2. The van der Waals surface area contributed by atoms with Crippen molar-refractivity contribution in [2.75, 3.05) is 6.54 Å². The summed E-state index contributed by atoms with van der Waals surface area (Å²) in [6.07, 6.45) is 3.44. The summed E-state index contributed by atoms with van der Waals surface area (Å²) in [6, 6.07) is 11.5. The van der Waals surface area contributed by atoms with E-state index in [0.29, 0.717) is 25.3 Å². The van der Waals surface area contributed by atoms with Crippen molar-refractivity contribution >= 4 is 11.8 Å². The Morgan fingerprint density at radius 1 is 1.20 bits per heavy atom. The van der Waals surface area contributed by atoms with E-state index in [9.17, 15) is 9.59 Å². The summed E-state index contributed by atoms with van der Waals surface area (Å²) in [5.74, 6) is -0.337. The first kappa shape index (κ1) is 19.8. The van der Waals surface area contributed by atoms with Crippen molar-refractivity contribution in [2.45, 2.75) is 38.9 Å². The Hall–Kier alpha value is -3.49. The predicted molar refractivity (Wildman–Crippen MR) is 110 cm³/mol. The number of nitrogens with one attached hydrogen (secondary N) is 1. The minimum Gasteiger partial charge on any atom is -0.347 e. The van der Waals surface area contributed by atoms with Gasteiger partial charge in [0, 0.05) is 25.8 Å². The molecular formula is C21H25N7O2. The van der Waals surface area contributed by atoms with Gasteiger partial charge in [-0.15, -0.1) is 5.10 Å². The largest absolute Gasteiger partial charge is 0.347 e. The highest BCUT2D eigenvalue weighted by Gasteiger charge is 2.31. The molecule has 1 aliphatic rings. The van der Waals surface area contributed by atoms with E-state index in [4.69, 9.17) is 0 Å². The van der Waals surface area contributed by atoms with E-state index >= 15 is 0 Å². The first-order valence-corrected chi connectivity index (χ1v) is 10.0. The van der Waals surface area contributed by atoms with Crippen LogP contribution in [0.1, 0.15) is 45.1 Å². The number of nitrogens with zero attached hydrogens (tertiary/aromatic N) is 6. The molecular weight excluding hydrogens is 382 g/mol. The molecule has 1 atom stereocenters. The van der Waals surface area contributed by atoms with E-state index < -0.39 is 0 Å². The quantitative estimate of drug-likeness (QED) is 0.669. The van der Waals surface area contributed by atoms with Gasteiger partial charge < -0.3 is 10.2 Å². The first-order chi connectivity index (χ1) is 14.5. The molecule has 0 spiro atoms. The van der Waals surface area contributed by atoms with E-state index in [1.807, 2.05) is 55.3 Å². The molecule has 3 aromatic rings. The number of aromatic nitrogens is 5. The fourth-order valence-corrected chi connectivity index (χ4v) is 3.68. The van der Waals surface area contributed by atoms with Crippen LogP contribution in [-0.2, 0) is 20.1 Å². The Labute approximate surface area is 174 Å². The number of likely N-dealkylation sites (tertiary alicyclic amines) is 1. The lowest BCUT2D eigenvalue weighted by Gasteiger charge is -2.23. The number of hydrogen-bond donors (Lipinski definition) is 1. The zero-order valence-corrected chi connectivity index (χ0v) is 17.2. The second-order valence-electron chi connectivity index (χ2n) is 7.58. The average Bonchev–Trinajstić information content (AvgIpc) is 3.48. The van der Waals surface area contributed by atoms with Crippen molar-refractivity contribution in [1.82, 2.24) is 35.0 Å². The molecule has 0 radical (unpaired) electrons. The second kappa shape index (κ2) is 8.48. The van der Waals surface area contributed by atoms with Gasteiger partial charge in [0.15, 0.2) is 11.4 Å². The molecule has 3 heterocycles. The smallest absolute Gasteiger partial charge is 0.274 e. The predicted octanol–water partition coefficient (Wildman–Crippen LogP) is 1.55. The number of benzene rings is 1. The summed E-state index contributed by atoms with van der Waals surface area (Å²) in [5, 5.41) is 15.2. The zero-order chi connectivity index (χ0) is 21.1. The van der Waals surface area contributed by atoms with Gasteiger partial charge in [-0.1, -0.05) is 35.5 Å². The molecule has 9 heteroatoms. The third kappa shape index (κ3) is 4.24. The zero-order valence-electron chi connectivity index (χ0n) is 17.2. The van der Waals surface area contributed by atoms with Crippen LogP contribution in [0.2, 0.25) is 0 Å². The lowest BCUT2D eigenvalue weighted by Crippen LogP contribution is -2.38. The van der Waals surface area contributed by atoms with Crippen molar-refractivity contribution in [3.8, 4) is 0 Å².